The summed E-state index contributed by atoms with van der Waals surface area (Å²) in [6.07, 6.45) is 1.21. The standard InChI is InChI=1S/C22H21N3O5/c1-13(15-6-7-17-18(10-15)30-12-29-17)23-19(26)11-25-20(27)22(24-21(25)28)9-8-14-4-2-3-5-16(14)22/h2-7,10,13H,8-9,11-12H2,1H3,(H,23,26)(H,24,28)/t13-,22+/m0/s1. The molecule has 0 bridgehead atoms. The van der Waals surface area contributed by atoms with Crippen molar-refractivity contribution in [2.45, 2.75) is 31.3 Å². The van der Waals surface area contributed by atoms with Gasteiger partial charge in [-0.2, -0.15) is 0 Å². The number of nitrogens with one attached hydrogen (secondary N) is 2. The molecule has 2 atom stereocenters. The number of benzene rings is 2. The van der Waals surface area contributed by atoms with Gasteiger partial charge in [-0.3, -0.25) is 14.5 Å². The Morgan fingerprint density at radius 1 is 1.20 bits per heavy atom. The normalized spacial score (nSPS) is 22.2. The molecule has 3 aliphatic rings. The zero-order valence-corrected chi connectivity index (χ0v) is 16.4. The molecule has 5 rings (SSSR count). The van der Waals surface area contributed by atoms with Crippen LogP contribution >= 0.6 is 0 Å². The van der Waals surface area contributed by atoms with Crippen LogP contribution in [-0.2, 0) is 21.5 Å². The highest BCUT2D eigenvalue weighted by atomic mass is 16.7. The second kappa shape index (κ2) is 6.76. The summed E-state index contributed by atoms with van der Waals surface area (Å²) in [4.78, 5) is 39.3. The highest BCUT2D eigenvalue weighted by molar-refractivity contribution is 6.09. The maximum Gasteiger partial charge on any atom is 0.325 e. The van der Waals surface area contributed by atoms with E-state index in [1.54, 1.807) is 6.07 Å². The van der Waals surface area contributed by atoms with Gasteiger partial charge in [0.2, 0.25) is 12.7 Å². The summed E-state index contributed by atoms with van der Waals surface area (Å²) in [5, 5.41) is 5.68. The molecule has 154 valence electrons. The Labute approximate surface area is 173 Å². The summed E-state index contributed by atoms with van der Waals surface area (Å²) in [5.74, 6) is 0.513. The zero-order valence-electron chi connectivity index (χ0n) is 16.4. The molecule has 4 amide bonds. The van der Waals surface area contributed by atoms with Crippen LogP contribution in [0.5, 0.6) is 11.5 Å². The number of carbonyl (C=O) groups excluding carboxylic acids is 3. The fraction of sp³-hybridized carbons (Fsp3) is 0.318. The number of aryl methyl sites for hydroxylation is 1. The summed E-state index contributed by atoms with van der Waals surface area (Å²) in [7, 11) is 0. The van der Waals surface area contributed by atoms with Crippen molar-refractivity contribution in [1.82, 2.24) is 15.5 Å². The molecule has 1 saturated heterocycles. The highest BCUT2D eigenvalue weighted by Gasteiger charge is 2.55. The molecule has 2 aromatic carbocycles. The van der Waals surface area contributed by atoms with Gasteiger partial charge in [-0.05, 0) is 48.6 Å². The van der Waals surface area contributed by atoms with E-state index >= 15 is 0 Å². The molecule has 0 unspecified atom stereocenters. The van der Waals surface area contributed by atoms with Gasteiger partial charge in [-0.1, -0.05) is 30.3 Å². The van der Waals surface area contributed by atoms with E-state index in [-0.39, 0.29) is 25.3 Å². The Morgan fingerprint density at radius 3 is 2.87 bits per heavy atom. The van der Waals surface area contributed by atoms with Crippen LogP contribution in [0.25, 0.3) is 0 Å². The van der Waals surface area contributed by atoms with E-state index in [2.05, 4.69) is 10.6 Å². The highest BCUT2D eigenvalue weighted by Crippen LogP contribution is 2.41. The smallest absolute Gasteiger partial charge is 0.325 e. The fourth-order valence-electron chi connectivity index (χ4n) is 4.43. The van der Waals surface area contributed by atoms with Crippen LogP contribution in [0.1, 0.15) is 36.1 Å². The fourth-order valence-corrected chi connectivity index (χ4v) is 4.43. The Hall–Kier alpha value is -3.55. The number of amides is 4. The third-order valence-electron chi connectivity index (χ3n) is 6.00. The lowest BCUT2D eigenvalue weighted by Crippen LogP contribution is -2.44. The van der Waals surface area contributed by atoms with Crippen molar-refractivity contribution in [3.8, 4) is 11.5 Å². The maximum absolute atomic E-state index is 13.2. The summed E-state index contributed by atoms with van der Waals surface area (Å²) < 4.78 is 10.7. The molecule has 0 saturated carbocycles. The van der Waals surface area contributed by atoms with Gasteiger partial charge >= 0.3 is 6.03 Å². The van der Waals surface area contributed by atoms with Crippen LogP contribution in [0.2, 0.25) is 0 Å². The maximum atomic E-state index is 13.2. The zero-order chi connectivity index (χ0) is 20.9. The first-order chi connectivity index (χ1) is 14.5. The first-order valence-corrected chi connectivity index (χ1v) is 9.89. The van der Waals surface area contributed by atoms with E-state index in [4.69, 9.17) is 9.47 Å². The van der Waals surface area contributed by atoms with Crippen molar-refractivity contribution in [2.75, 3.05) is 13.3 Å². The second-order valence-electron chi connectivity index (χ2n) is 7.79. The van der Waals surface area contributed by atoms with Gasteiger partial charge in [0, 0.05) is 0 Å². The topological polar surface area (TPSA) is 97.0 Å². The van der Waals surface area contributed by atoms with Gasteiger partial charge in [-0.15, -0.1) is 0 Å². The SMILES string of the molecule is C[C@H](NC(=O)CN1C(=O)N[C@@]2(CCc3ccccc32)C1=O)c1ccc2c(c1)OCO2. The molecule has 8 heteroatoms. The number of hydrogen-bond donors (Lipinski definition) is 2. The van der Waals surface area contributed by atoms with Crippen molar-refractivity contribution in [3.63, 3.8) is 0 Å². The quantitative estimate of drug-likeness (QED) is 0.756. The lowest BCUT2D eigenvalue weighted by molar-refractivity contribution is -0.135. The van der Waals surface area contributed by atoms with Crippen molar-refractivity contribution in [3.05, 3.63) is 59.2 Å². The van der Waals surface area contributed by atoms with Crippen LogP contribution in [0.3, 0.4) is 0 Å². The van der Waals surface area contributed by atoms with Crippen LogP contribution in [0.4, 0.5) is 4.79 Å². The van der Waals surface area contributed by atoms with Crippen molar-refractivity contribution in [1.29, 1.82) is 0 Å². The molecule has 0 aromatic heterocycles. The molecule has 1 spiro atoms. The van der Waals surface area contributed by atoms with E-state index in [0.717, 1.165) is 21.6 Å². The first kappa shape index (κ1) is 18.5. The Kier molecular flexibility index (Phi) is 4.16. The number of hydrogen-bond acceptors (Lipinski definition) is 5. The third kappa shape index (κ3) is 2.79. The second-order valence-corrected chi connectivity index (χ2v) is 7.79. The monoisotopic (exact) mass is 407 g/mol. The summed E-state index contributed by atoms with van der Waals surface area (Å²) in [5.41, 5.74) is 1.65. The minimum atomic E-state index is -1.06. The van der Waals surface area contributed by atoms with Crippen LogP contribution in [0.15, 0.2) is 42.5 Å². The van der Waals surface area contributed by atoms with Gasteiger partial charge in [0.25, 0.3) is 5.91 Å². The molecule has 0 radical (unpaired) electrons. The molecular formula is C22H21N3O5. The van der Waals surface area contributed by atoms with Gasteiger partial charge in [0.05, 0.1) is 6.04 Å². The molecule has 2 N–H and O–H groups in total. The minimum absolute atomic E-state index is 0.177. The van der Waals surface area contributed by atoms with Crippen LogP contribution in [0, 0.1) is 0 Å². The number of imide groups is 1. The molecule has 1 aliphatic carbocycles. The van der Waals surface area contributed by atoms with Gasteiger partial charge < -0.3 is 20.1 Å². The summed E-state index contributed by atoms with van der Waals surface area (Å²) >= 11 is 0. The average molecular weight is 407 g/mol. The lowest BCUT2D eigenvalue weighted by Gasteiger charge is -2.22. The van der Waals surface area contributed by atoms with Crippen molar-refractivity contribution in [2.24, 2.45) is 0 Å². The minimum Gasteiger partial charge on any atom is -0.454 e. The Balaban J connectivity index is 1.28. The largest absolute Gasteiger partial charge is 0.454 e. The van der Waals surface area contributed by atoms with E-state index in [9.17, 15) is 14.4 Å². The molecular weight excluding hydrogens is 386 g/mol. The average Bonchev–Trinajstić information content (AvgIpc) is 3.41. The molecule has 2 heterocycles. The van der Waals surface area contributed by atoms with Crippen molar-refractivity contribution < 1.29 is 23.9 Å². The van der Waals surface area contributed by atoms with E-state index in [0.29, 0.717) is 24.3 Å². The first-order valence-electron chi connectivity index (χ1n) is 9.89. The molecule has 30 heavy (non-hydrogen) atoms. The molecule has 1 fully saturated rings. The lowest BCUT2D eigenvalue weighted by atomic mass is 9.92. The predicted octanol–water partition coefficient (Wildman–Crippen LogP) is 1.99. The van der Waals surface area contributed by atoms with E-state index in [1.165, 1.54) is 0 Å². The predicted molar refractivity (Wildman–Crippen MR) is 106 cm³/mol. The third-order valence-corrected chi connectivity index (χ3v) is 6.00. The molecule has 2 aliphatic heterocycles. The van der Waals surface area contributed by atoms with E-state index in [1.807, 2.05) is 43.3 Å². The van der Waals surface area contributed by atoms with Gasteiger partial charge in [0.15, 0.2) is 11.5 Å². The van der Waals surface area contributed by atoms with Crippen LogP contribution in [-0.4, -0.2) is 36.1 Å². The van der Waals surface area contributed by atoms with Gasteiger partial charge in [0.1, 0.15) is 12.1 Å². The number of ether oxygens (including phenoxy) is 2. The van der Waals surface area contributed by atoms with Crippen LogP contribution < -0.4 is 20.1 Å². The summed E-state index contributed by atoms with van der Waals surface area (Å²) in [6, 6.07) is 12.2. The number of urea groups is 1. The number of fused-ring (bicyclic) bond motifs is 3. The number of carbonyl (C=O) groups is 3. The number of nitrogens with zero attached hydrogens (tertiary/aromatic N) is 1. The molecule has 8 nitrogen and oxygen atoms in total. The summed E-state index contributed by atoms with van der Waals surface area (Å²) in [6.45, 7) is 1.68. The molecule has 2 aromatic rings. The Morgan fingerprint density at radius 2 is 2.00 bits per heavy atom. The van der Waals surface area contributed by atoms with Gasteiger partial charge in [-0.25, -0.2) is 4.79 Å². The number of rotatable bonds is 4. The van der Waals surface area contributed by atoms with E-state index < -0.39 is 17.5 Å². The van der Waals surface area contributed by atoms with Crippen molar-refractivity contribution >= 4 is 17.8 Å². The Bertz CT molecular complexity index is 1070.